The Morgan fingerprint density at radius 2 is 2.12 bits per heavy atom. The Labute approximate surface area is 149 Å². The molecule has 1 aliphatic heterocycles. The van der Waals surface area contributed by atoms with Gasteiger partial charge < -0.3 is 15.2 Å². The van der Waals surface area contributed by atoms with Crippen LogP contribution in [0.3, 0.4) is 0 Å². The van der Waals surface area contributed by atoms with E-state index in [1.165, 1.54) is 6.20 Å². The molecule has 0 saturated carbocycles. The van der Waals surface area contributed by atoms with E-state index in [1.54, 1.807) is 24.3 Å². The van der Waals surface area contributed by atoms with E-state index in [4.69, 9.17) is 4.52 Å². The minimum Gasteiger partial charge on any atom is -0.348 e. The molecule has 2 aromatic heterocycles. The molecular formula is C19H18N4O3. The van der Waals surface area contributed by atoms with Crippen LogP contribution in [0.2, 0.25) is 0 Å². The number of pyridine rings is 1. The van der Waals surface area contributed by atoms with Crippen molar-refractivity contribution in [2.75, 3.05) is 5.32 Å². The van der Waals surface area contributed by atoms with Gasteiger partial charge in [0.05, 0.1) is 16.6 Å². The molecule has 7 heteroatoms. The van der Waals surface area contributed by atoms with Crippen LogP contribution in [0.4, 0.5) is 5.69 Å². The Hall–Kier alpha value is -3.22. The van der Waals surface area contributed by atoms with Gasteiger partial charge in [0, 0.05) is 35.0 Å². The molecule has 3 heterocycles. The van der Waals surface area contributed by atoms with Gasteiger partial charge in [0.25, 0.3) is 17.5 Å². The van der Waals surface area contributed by atoms with Gasteiger partial charge in [-0.25, -0.2) is 4.98 Å². The summed E-state index contributed by atoms with van der Waals surface area (Å²) in [7, 11) is 0. The number of fused-ring (bicyclic) bond motifs is 2. The van der Waals surface area contributed by atoms with Gasteiger partial charge in [0.1, 0.15) is 0 Å². The van der Waals surface area contributed by atoms with E-state index >= 15 is 0 Å². The molecule has 7 nitrogen and oxygen atoms in total. The number of carbonyl (C=O) groups is 2. The first-order chi connectivity index (χ1) is 12.3. The predicted octanol–water partition coefficient (Wildman–Crippen LogP) is 3.02. The van der Waals surface area contributed by atoms with E-state index in [1.807, 2.05) is 20.8 Å². The number of amides is 2. The normalized spacial score (nSPS) is 13.6. The second kappa shape index (κ2) is 5.66. The van der Waals surface area contributed by atoms with E-state index in [2.05, 4.69) is 20.8 Å². The summed E-state index contributed by atoms with van der Waals surface area (Å²) in [5.74, 6) is -0.424. The Balaban J connectivity index is 1.68. The maximum atomic E-state index is 12.7. The van der Waals surface area contributed by atoms with Gasteiger partial charge in [-0.1, -0.05) is 32.0 Å². The molecule has 0 fully saturated rings. The second-order valence-electron chi connectivity index (χ2n) is 7.33. The first-order valence-corrected chi connectivity index (χ1v) is 8.32. The highest BCUT2D eigenvalue weighted by Crippen LogP contribution is 2.29. The van der Waals surface area contributed by atoms with E-state index in [0.717, 1.165) is 16.6 Å². The standard InChI is InChI=1S/C19H18N4O3/c1-19(2,3)15-12-7-10(8-21-18(12)26-23-15)16(24)22-14-6-4-5-11-13(14)9-20-17(11)25/h4-8H,9H2,1-3H3,(H,20,25)(H,22,24). The van der Waals surface area contributed by atoms with E-state index in [-0.39, 0.29) is 17.2 Å². The topological polar surface area (TPSA) is 97.1 Å². The van der Waals surface area contributed by atoms with Crippen molar-refractivity contribution in [1.82, 2.24) is 15.5 Å². The third-order valence-electron chi connectivity index (χ3n) is 4.40. The zero-order valence-electron chi connectivity index (χ0n) is 14.7. The first kappa shape index (κ1) is 16.3. The van der Waals surface area contributed by atoms with Crippen LogP contribution in [0.15, 0.2) is 35.0 Å². The lowest BCUT2D eigenvalue weighted by molar-refractivity contribution is 0.0964. The van der Waals surface area contributed by atoms with Crippen molar-refractivity contribution in [3.05, 3.63) is 52.8 Å². The van der Waals surface area contributed by atoms with Crippen molar-refractivity contribution in [1.29, 1.82) is 0 Å². The van der Waals surface area contributed by atoms with Crippen LogP contribution in [0.25, 0.3) is 11.1 Å². The van der Waals surface area contributed by atoms with Crippen LogP contribution in [-0.2, 0) is 12.0 Å². The van der Waals surface area contributed by atoms with Crippen molar-refractivity contribution >= 4 is 28.6 Å². The van der Waals surface area contributed by atoms with Gasteiger partial charge in [-0.05, 0) is 18.2 Å². The van der Waals surface area contributed by atoms with Crippen molar-refractivity contribution < 1.29 is 14.1 Å². The Bertz CT molecular complexity index is 1050. The lowest BCUT2D eigenvalue weighted by Gasteiger charge is -2.14. The number of benzene rings is 1. The van der Waals surface area contributed by atoms with Crippen LogP contribution in [-0.4, -0.2) is 22.0 Å². The van der Waals surface area contributed by atoms with Gasteiger partial charge in [0.2, 0.25) is 0 Å². The molecule has 0 radical (unpaired) electrons. The van der Waals surface area contributed by atoms with Crippen LogP contribution in [0, 0.1) is 0 Å². The average molecular weight is 350 g/mol. The summed E-state index contributed by atoms with van der Waals surface area (Å²) in [5.41, 5.74) is 3.33. The molecule has 1 aromatic carbocycles. The Morgan fingerprint density at radius 1 is 1.31 bits per heavy atom. The molecule has 132 valence electrons. The Morgan fingerprint density at radius 3 is 2.88 bits per heavy atom. The summed E-state index contributed by atoms with van der Waals surface area (Å²) in [5, 5.41) is 10.4. The van der Waals surface area contributed by atoms with Crippen molar-refractivity contribution in [3.8, 4) is 0 Å². The van der Waals surface area contributed by atoms with Gasteiger partial charge in [-0.15, -0.1) is 0 Å². The van der Waals surface area contributed by atoms with Gasteiger partial charge in [-0.3, -0.25) is 9.59 Å². The third kappa shape index (κ3) is 2.61. The largest absolute Gasteiger partial charge is 0.348 e. The van der Waals surface area contributed by atoms with Crippen LogP contribution in [0.5, 0.6) is 0 Å². The number of aromatic nitrogens is 2. The first-order valence-electron chi connectivity index (χ1n) is 8.32. The SMILES string of the molecule is CC(C)(C)c1noc2ncc(C(=O)Nc3cccc4c3CNC4=O)cc12. The maximum absolute atomic E-state index is 12.7. The quantitative estimate of drug-likeness (QED) is 0.740. The molecule has 26 heavy (non-hydrogen) atoms. The molecule has 2 amide bonds. The van der Waals surface area contributed by atoms with E-state index in [9.17, 15) is 9.59 Å². The smallest absolute Gasteiger partial charge is 0.257 e. The molecule has 0 spiro atoms. The minimum absolute atomic E-state index is 0.126. The Kier molecular flexibility index (Phi) is 3.54. The fourth-order valence-electron chi connectivity index (χ4n) is 3.06. The van der Waals surface area contributed by atoms with Crippen molar-refractivity contribution in [2.45, 2.75) is 32.7 Å². The van der Waals surface area contributed by atoms with Crippen molar-refractivity contribution in [2.24, 2.45) is 0 Å². The summed E-state index contributed by atoms with van der Waals surface area (Å²) < 4.78 is 5.26. The molecule has 0 atom stereocenters. The van der Waals surface area contributed by atoms with E-state index < -0.39 is 0 Å². The third-order valence-corrected chi connectivity index (χ3v) is 4.40. The summed E-state index contributed by atoms with van der Waals surface area (Å²) in [6, 6.07) is 7.01. The molecule has 0 aliphatic carbocycles. The molecule has 1 aliphatic rings. The van der Waals surface area contributed by atoms with Gasteiger partial charge in [0.15, 0.2) is 0 Å². The molecule has 4 rings (SSSR count). The summed E-state index contributed by atoms with van der Waals surface area (Å²) in [4.78, 5) is 28.7. The van der Waals surface area contributed by atoms with Gasteiger partial charge >= 0.3 is 0 Å². The summed E-state index contributed by atoms with van der Waals surface area (Å²) >= 11 is 0. The highest BCUT2D eigenvalue weighted by atomic mass is 16.5. The van der Waals surface area contributed by atoms with E-state index in [0.29, 0.717) is 29.1 Å². The number of hydrogen-bond acceptors (Lipinski definition) is 5. The summed E-state index contributed by atoms with van der Waals surface area (Å²) in [6.07, 6.45) is 1.46. The van der Waals surface area contributed by atoms with Crippen LogP contribution in [0.1, 0.15) is 52.7 Å². The number of rotatable bonds is 2. The average Bonchev–Trinajstić information content (AvgIpc) is 3.18. The highest BCUT2D eigenvalue weighted by Gasteiger charge is 2.25. The predicted molar refractivity (Wildman–Crippen MR) is 96.1 cm³/mol. The lowest BCUT2D eigenvalue weighted by Crippen LogP contribution is -2.15. The number of anilines is 1. The molecule has 3 aromatic rings. The lowest BCUT2D eigenvalue weighted by atomic mass is 9.90. The molecule has 2 N–H and O–H groups in total. The number of carbonyl (C=O) groups excluding carboxylic acids is 2. The fourth-order valence-corrected chi connectivity index (χ4v) is 3.06. The van der Waals surface area contributed by atoms with Crippen LogP contribution < -0.4 is 10.6 Å². The monoisotopic (exact) mass is 350 g/mol. The molecule has 0 bridgehead atoms. The molecule has 0 saturated heterocycles. The second-order valence-corrected chi connectivity index (χ2v) is 7.33. The summed E-state index contributed by atoms with van der Waals surface area (Å²) in [6.45, 7) is 6.47. The molecular weight excluding hydrogens is 332 g/mol. The highest BCUT2D eigenvalue weighted by molar-refractivity contribution is 6.08. The number of nitrogens with one attached hydrogen (secondary N) is 2. The zero-order chi connectivity index (χ0) is 18.5. The minimum atomic E-state index is -0.298. The zero-order valence-corrected chi connectivity index (χ0v) is 14.7. The fraction of sp³-hybridized carbons (Fsp3) is 0.263. The number of nitrogens with zero attached hydrogens (tertiary/aromatic N) is 2. The van der Waals surface area contributed by atoms with Crippen LogP contribution >= 0.6 is 0 Å². The number of hydrogen-bond donors (Lipinski definition) is 2. The van der Waals surface area contributed by atoms with Gasteiger partial charge in [-0.2, -0.15) is 0 Å². The maximum Gasteiger partial charge on any atom is 0.257 e. The molecule has 0 unspecified atom stereocenters. The van der Waals surface area contributed by atoms with Crippen molar-refractivity contribution in [3.63, 3.8) is 0 Å².